The van der Waals surface area contributed by atoms with Crippen molar-refractivity contribution in [1.29, 1.82) is 5.26 Å². The maximum absolute atomic E-state index is 9.67. The van der Waals surface area contributed by atoms with E-state index >= 15 is 0 Å². The zero-order valence-corrected chi connectivity index (χ0v) is 14.5. The number of hydrogen-bond acceptors (Lipinski definition) is 4. The van der Waals surface area contributed by atoms with Gasteiger partial charge in [0.05, 0.1) is 5.25 Å². The average Bonchev–Trinajstić information content (AvgIpc) is 2.63. The van der Waals surface area contributed by atoms with Gasteiger partial charge in [0.2, 0.25) is 5.88 Å². The zero-order chi connectivity index (χ0) is 17.4. The third-order valence-corrected chi connectivity index (χ3v) is 5.59. The van der Waals surface area contributed by atoms with Crippen molar-refractivity contribution in [1.82, 2.24) is 0 Å². The Morgan fingerprint density at radius 2 is 1.80 bits per heavy atom. The van der Waals surface area contributed by atoms with Crippen molar-refractivity contribution in [3.63, 3.8) is 0 Å². The largest absolute Gasteiger partial charge is 0.440 e. The molecule has 0 radical (unpaired) electrons. The first-order chi connectivity index (χ1) is 12.2. The molecule has 0 bridgehead atoms. The Bertz CT molecular complexity index is 1030. The van der Waals surface area contributed by atoms with Gasteiger partial charge in [-0.2, -0.15) is 5.26 Å². The van der Waals surface area contributed by atoms with Gasteiger partial charge in [-0.3, -0.25) is 0 Å². The van der Waals surface area contributed by atoms with Crippen molar-refractivity contribution in [3.05, 3.63) is 83.2 Å². The number of aryl methyl sites for hydroxylation is 1. The first-order valence-electron chi connectivity index (χ1n) is 8.00. The summed E-state index contributed by atoms with van der Waals surface area (Å²) in [5, 5.41) is 11.7. The van der Waals surface area contributed by atoms with Gasteiger partial charge in [-0.05, 0) is 35.9 Å². The van der Waals surface area contributed by atoms with Crippen LogP contribution in [0.3, 0.4) is 0 Å². The number of nitrogens with zero attached hydrogens (tertiary/aromatic N) is 1. The lowest BCUT2D eigenvalue weighted by atomic mass is 9.96. The number of ether oxygens (including phenoxy) is 1. The first-order valence-corrected chi connectivity index (χ1v) is 8.88. The highest BCUT2D eigenvalue weighted by Gasteiger charge is 2.31. The molecule has 4 rings (SSSR count). The van der Waals surface area contributed by atoms with Gasteiger partial charge in [-0.25, -0.2) is 0 Å². The van der Waals surface area contributed by atoms with Crippen molar-refractivity contribution in [2.45, 2.75) is 17.1 Å². The number of benzene rings is 3. The highest BCUT2D eigenvalue weighted by molar-refractivity contribution is 7.99. The van der Waals surface area contributed by atoms with Crippen molar-refractivity contribution in [2.75, 3.05) is 0 Å². The molecular weight excluding hydrogens is 328 g/mol. The second-order valence-corrected chi connectivity index (χ2v) is 7.18. The highest BCUT2D eigenvalue weighted by atomic mass is 32.2. The molecule has 0 saturated heterocycles. The summed E-state index contributed by atoms with van der Waals surface area (Å²) >= 11 is 1.63. The van der Waals surface area contributed by atoms with E-state index in [4.69, 9.17) is 10.5 Å². The fraction of sp³-hybridized carbons (Fsp3) is 0.0952. The Morgan fingerprint density at radius 1 is 1.04 bits per heavy atom. The third kappa shape index (κ3) is 2.73. The monoisotopic (exact) mass is 344 g/mol. The Balaban J connectivity index is 1.90. The third-order valence-electron chi connectivity index (χ3n) is 4.34. The minimum Gasteiger partial charge on any atom is -0.440 e. The molecule has 0 spiro atoms. The zero-order valence-electron chi connectivity index (χ0n) is 13.7. The summed E-state index contributed by atoms with van der Waals surface area (Å²) in [5.41, 5.74) is 8.72. The second-order valence-electron chi connectivity index (χ2n) is 6.00. The van der Waals surface area contributed by atoms with Gasteiger partial charge in [-0.15, -0.1) is 11.8 Å². The lowest BCUT2D eigenvalue weighted by Crippen LogP contribution is -2.19. The molecule has 3 aromatic carbocycles. The van der Waals surface area contributed by atoms with E-state index in [2.05, 4.69) is 49.4 Å². The van der Waals surface area contributed by atoms with E-state index in [0.717, 1.165) is 27.0 Å². The van der Waals surface area contributed by atoms with Crippen LogP contribution in [-0.4, -0.2) is 0 Å². The van der Waals surface area contributed by atoms with Crippen LogP contribution in [0.15, 0.2) is 77.0 Å². The molecule has 1 aliphatic heterocycles. The molecule has 1 aliphatic rings. The van der Waals surface area contributed by atoms with Crippen molar-refractivity contribution in [2.24, 2.45) is 5.73 Å². The van der Waals surface area contributed by atoms with Gasteiger partial charge < -0.3 is 10.5 Å². The Kier molecular flexibility index (Phi) is 3.87. The van der Waals surface area contributed by atoms with Gasteiger partial charge in [0.25, 0.3) is 0 Å². The maximum atomic E-state index is 9.67. The summed E-state index contributed by atoms with van der Waals surface area (Å²) in [6, 6.07) is 22.6. The van der Waals surface area contributed by atoms with Crippen LogP contribution in [0.1, 0.15) is 16.4 Å². The quantitative estimate of drug-likeness (QED) is 0.705. The van der Waals surface area contributed by atoms with Crippen molar-refractivity contribution in [3.8, 4) is 11.8 Å². The van der Waals surface area contributed by atoms with Gasteiger partial charge >= 0.3 is 0 Å². The lowest BCUT2D eigenvalue weighted by Gasteiger charge is -2.27. The van der Waals surface area contributed by atoms with Gasteiger partial charge in [-0.1, -0.05) is 48.0 Å². The topological polar surface area (TPSA) is 59.0 Å². The van der Waals surface area contributed by atoms with Gasteiger partial charge in [0.15, 0.2) is 0 Å². The number of hydrogen-bond donors (Lipinski definition) is 1. The smallest absolute Gasteiger partial charge is 0.206 e. The van der Waals surface area contributed by atoms with E-state index in [0.29, 0.717) is 5.57 Å². The molecule has 25 heavy (non-hydrogen) atoms. The molecule has 4 heteroatoms. The van der Waals surface area contributed by atoms with Gasteiger partial charge in [0.1, 0.15) is 17.4 Å². The van der Waals surface area contributed by atoms with E-state index < -0.39 is 0 Å². The first kappa shape index (κ1) is 15.6. The predicted octanol–water partition coefficient (Wildman–Crippen LogP) is 5.07. The van der Waals surface area contributed by atoms with E-state index in [-0.39, 0.29) is 11.1 Å². The number of nitriles is 1. The normalized spacial score (nSPS) is 16.2. The van der Waals surface area contributed by atoms with Crippen LogP contribution in [0.2, 0.25) is 0 Å². The van der Waals surface area contributed by atoms with E-state index in [1.165, 1.54) is 5.56 Å². The standard InChI is InChI=1S/C21H16N2OS/c1-13-6-9-15(10-7-13)25-20-17(12-22)21(23)24-18-11-8-14-4-2-3-5-16(14)19(18)20/h2-11,20H,23H2,1H3. The molecule has 0 amide bonds. The Hall–Kier alpha value is -2.90. The molecule has 1 heterocycles. The summed E-state index contributed by atoms with van der Waals surface area (Å²) in [4.78, 5) is 1.09. The van der Waals surface area contributed by atoms with Crippen LogP contribution >= 0.6 is 11.8 Å². The number of rotatable bonds is 2. The molecule has 1 unspecified atom stereocenters. The summed E-state index contributed by atoms with van der Waals surface area (Å²) in [5.74, 6) is 0.912. The fourth-order valence-corrected chi connectivity index (χ4v) is 4.28. The summed E-state index contributed by atoms with van der Waals surface area (Å²) in [6.07, 6.45) is 0. The van der Waals surface area contributed by atoms with Crippen LogP contribution < -0.4 is 10.5 Å². The number of fused-ring (bicyclic) bond motifs is 3. The molecule has 0 fully saturated rings. The SMILES string of the molecule is Cc1ccc(SC2C(C#N)=C(N)Oc3ccc4ccccc4c32)cc1. The molecule has 0 saturated carbocycles. The number of nitrogens with two attached hydrogens (primary N) is 1. The molecular formula is C21H16N2OS. The van der Waals surface area contributed by atoms with Crippen LogP contribution in [-0.2, 0) is 0 Å². The maximum Gasteiger partial charge on any atom is 0.206 e. The second kappa shape index (κ2) is 6.19. The highest BCUT2D eigenvalue weighted by Crippen LogP contribution is 2.50. The molecule has 3 aromatic rings. The van der Waals surface area contributed by atoms with Gasteiger partial charge in [0, 0.05) is 10.5 Å². The molecule has 0 aromatic heterocycles. The Labute approximate surface area is 150 Å². The van der Waals surface area contributed by atoms with E-state index in [1.54, 1.807) is 11.8 Å². The van der Waals surface area contributed by atoms with E-state index in [9.17, 15) is 5.26 Å². The minimum absolute atomic E-state index is 0.190. The Morgan fingerprint density at radius 3 is 2.56 bits per heavy atom. The van der Waals surface area contributed by atoms with Crippen LogP contribution in [0, 0.1) is 18.3 Å². The molecule has 3 nitrogen and oxygen atoms in total. The summed E-state index contributed by atoms with van der Waals surface area (Å²) in [7, 11) is 0. The predicted molar refractivity (Wildman–Crippen MR) is 101 cm³/mol. The summed E-state index contributed by atoms with van der Waals surface area (Å²) < 4.78 is 5.75. The number of thioether (sulfide) groups is 1. The van der Waals surface area contributed by atoms with E-state index in [1.807, 2.05) is 24.3 Å². The summed E-state index contributed by atoms with van der Waals surface area (Å²) in [6.45, 7) is 2.06. The minimum atomic E-state index is -0.192. The van der Waals surface area contributed by atoms with Crippen LogP contribution in [0.25, 0.3) is 10.8 Å². The van der Waals surface area contributed by atoms with Crippen LogP contribution in [0.5, 0.6) is 5.75 Å². The lowest BCUT2D eigenvalue weighted by molar-refractivity contribution is 0.399. The van der Waals surface area contributed by atoms with Crippen molar-refractivity contribution < 1.29 is 4.74 Å². The van der Waals surface area contributed by atoms with Crippen LogP contribution in [0.4, 0.5) is 0 Å². The molecule has 0 aliphatic carbocycles. The van der Waals surface area contributed by atoms with Crippen molar-refractivity contribution >= 4 is 22.5 Å². The fourth-order valence-electron chi connectivity index (χ4n) is 3.07. The molecule has 122 valence electrons. The molecule has 1 atom stereocenters. The average molecular weight is 344 g/mol. The molecule has 2 N–H and O–H groups in total.